The van der Waals surface area contributed by atoms with E-state index in [9.17, 15) is 9.59 Å². The number of carbonyl (C=O) groups excluding carboxylic acids is 2. The summed E-state index contributed by atoms with van der Waals surface area (Å²) in [5, 5.41) is 8.80. The minimum absolute atomic E-state index is 0.0483. The van der Waals surface area contributed by atoms with Crippen LogP contribution in [0.1, 0.15) is 21.7 Å². The number of halogens is 1. The van der Waals surface area contributed by atoms with Crippen LogP contribution in [0, 0.1) is 0 Å². The molecule has 0 aliphatic heterocycles. The molecule has 0 saturated carbocycles. The molecule has 2 aromatic heterocycles. The van der Waals surface area contributed by atoms with Crippen LogP contribution in [0.2, 0.25) is 5.02 Å². The van der Waals surface area contributed by atoms with E-state index in [0.717, 1.165) is 22.5 Å². The summed E-state index contributed by atoms with van der Waals surface area (Å²) in [5.41, 5.74) is 4.53. The molecule has 0 spiro atoms. The second-order valence-corrected chi connectivity index (χ2v) is 9.48. The second kappa shape index (κ2) is 10.9. The molecule has 0 aliphatic rings. The molecular formula is C33H22ClN3O3. The Kier molecular flexibility index (Phi) is 6.83. The van der Waals surface area contributed by atoms with E-state index in [0.29, 0.717) is 27.2 Å². The number of para-hydroxylation sites is 2. The van der Waals surface area contributed by atoms with Crippen LogP contribution < -0.4 is 5.32 Å². The Morgan fingerprint density at radius 2 is 1.50 bits per heavy atom. The number of nitrogens with zero attached hydrogens (tertiary/aromatic N) is 2. The second-order valence-electron chi connectivity index (χ2n) is 9.04. The number of fused-ring (bicyclic) bond motifs is 1. The Balaban J connectivity index is 1.33. The lowest BCUT2D eigenvalue weighted by molar-refractivity contribution is -0.111. The first-order chi connectivity index (χ1) is 19.6. The van der Waals surface area contributed by atoms with Gasteiger partial charge in [0.1, 0.15) is 5.58 Å². The summed E-state index contributed by atoms with van der Waals surface area (Å²) < 4.78 is 7.69. The first-order valence-electron chi connectivity index (χ1n) is 12.6. The Morgan fingerprint density at radius 3 is 2.25 bits per heavy atom. The monoisotopic (exact) mass is 543 g/mol. The van der Waals surface area contributed by atoms with Crippen LogP contribution in [0.15, 0.2) is 126 Å². The van der Waals surface area contributed by atoms with Crippen LogP contribution in [0.5, 0.6) is 0 Å². The number of carbonyl (C=O) groups is 2. The van der Waals surface area contributed by atoms with Gasteiger partial charge in [0.25, 0.3) is 0 Å². The third-order valence-electron chi connectivity index (χ3n) is 6.38. The van der Waals surface area contributed by atoms with E-state index in [4.69, 9.17) is 21.1 Å². The van der Waals surface area contributed by atoms with Crippen molar-refractivity contribution in [2.45, 2.75) is 0 Å². The van der Waals surface area contributed by atoms with Crippen molar-refractivity contribution in [3.63, 3.8) is 0 Å². The van der Waals surface area contributed by atoms with Gasteiger partial charge >= 0.3 is 0 Å². The summed E-state index contributed by atoms with van der Waals surface area (Å²) in [5.74, 6) is -0.724. The molecule has 1 amide bonds. The fourth-order valence-corrected chi connectivity index (χ4v) is 4.56. The largest absolute Gasteiger partial charge is 0.450 e. The molecule has 6 rings (SSSR count). The molecule has 194 valence electrons. The molecule has 0 aliphatic carbocycles. The molecule has 6 aromatic rings. The van der Waals surface area contributed by atoms with Crippen molar-refractivity contribution < 1.29 is 14.0 Å². The maximum atomic E-state index is 13.3. The average molecular weight is 544 g/mol. The SMILES string of the molecule is O=C(/C=C/c1cn(-c2ccccc2)nc1-c1ccccc1)Nc1c(C(=O)c2ccc(Cl)cc2)oc2ccccc12. The van der Waals surface area contributed by atoms with E-state index in [-0.39, 0.29) is 11.5 Å². The van der Waals surface area contributed by atoms with Gasteiger partial charge in [0.2, 0.25) is 11.7 Å². The lowest BCUT2D eigenvalue weighted by Gasteiger charge is -2.04. The number of hydrogen-bond donors (Lipinski definition) is 1. The molecule has 0 saturated heterocycles. The number of nitrogens with one attached hydrogen (secondary N) is 1. The highest BCUT2D eigenvalue weighted by Gasteiger charge is 2.23. The summed E-state index contributed by atoms with van der Waals surface area (Å²) >= 11 is 5.99. The molecule has 0 fully saturated rings. The van der Waals surface area contributed by atoms with E-state index >= 15 is 0 Å². The molecule has 7 heteroatoms. The van der Waals surface area contributed by atoms with Gasteiger partial charge in [0, 0.05) is 39.4 Å². The van der Waals surface area contributed by atoms with Crippen LogP contribution in [0.3, 0.4) is 0 Å². The Labute approximate surface area is 235 Å². The number of amides is 1. The average Bonchev–Trinajstić information content (AvgIpc) is 3.59. The highest BCUT2D eigenvalue weighted by molar-refractivity contribution is 6.30. The van der Waals surface area contributed by atoms with Gasteiger partial charge in [0.05, 0.1) is 17.1 Å². The first kappa shape index (κ1) is 25.1. The molecule has 2 heterocycles. The van der Waals surface area contributed by atoms with Crippen molar-refractivity contribution >= 4 is 46.0 Å². The standard InChI is InChI=1S/C33H22ClN3O3/c34-25-18-15-23(16-19-25)32(39)33-31(27-13-7-8-14-28(27)40-33)35-29(38)20-17-24-21-37(26-11-5-2-6-12-26)36-30(24)22-9-3-1-4-10-22/h1-21H,(H,35,38)/b20-17+. The van der Waals surface area contributed by atoms with Gasteiger partial charge in [0.15, 0.2) is 5.76 Å². The Bertz CT molecular complexity index is 1850. The maximum Gasteiger partial charge on any atom is 0.248 e. The summed E-state index contributed by atoms with van der Waals surface area (Å²) in [6.07, 6.45) is 5.02. The van der Waals surface area contributed by atoms with Crippen LogP contribution in [-0.2, 0) is 4.79 Å². The molecule has 1 N–H and O–H groups in total. The normalized spacial score (nSPS) is 11.2. The summed E-state index contributed by atoms with van der Waals surface area (Å²) in [6.45, 7) is 0. The minimum Gasteiger partial charge on any atom is -0.450 e. The van der Waals surface area contributed by atoms with Crippen molar-refractivity contribution in [1.29, 1.82) is 0 Å². The summed E-state index contributed by atoms with van der Waals surface area (Å²) in [7, 11) is 0. The maximum absolute atomic E-state index is 13.3. The van der Waals surface area contributed by atoms with E-state index in [1.54, 1.807) is 47.2 Å². The number of furan rings is 1. The predicted molar refractivity (Wildman–Crippen MR) is 158 cm³/mol. The van der Waals surface area contributed by atoms with Gasteiger partial charge in [-0.25, -0.2) is 4.68 Å². The van der Waals surface area contributed by atoms with Crippen LogP contribution in [0.25, 0.3) is 34.0 Å². The van der Waals surface area contributed by atoms with Crippen molar-refractivity contribution in [2.24, 2.45) is 0 Å². The number of rotatable bonds is 7. The number of ketones is 1. The van der Waals surface area contributed by atoms with Crippen LogP contribution in [0.4, 0.5) is 5.69 Å². The number of aromatic nitrogens is 2. The molecular weight excluding hydrogens is 522 g/mol. The zero-order chi connectivity index (χ0) is 27.5. The number of benzene rings is 4. The molecule has 4 aromatic carbocycles. The minimum atomic E-state index is -0.414. The van der Waals surface area contributed by atoms with Gasteiger partial charge in [-0.2, -0.15) is 5.10 Å². The number of hydrogen-bond acceptors (Lipinski definition) is 4. The quantitative estimate of drug-likeness (QED) is 0.164. The van der Waals surface area contributed by atoms with Gasteiger partial charge in [-0.1, -0.05) is 72.3 Å². The van der Waals surface area contributed by atoms with Crippen molar-refractivity contribution in [3.05, 3.63) is 143 Å². The van der Waals surface area contributed by atoms with Crippen molar-refractivity contribution in [3.8, 4) is 16.9 Å². The van der Waals surface area contributed by atoms with Gasteiger partial charge < -0.3 is 9.73 Å². The van der Waals surface area contributed by atoms with E-state index in [2.05, 4.69) is 5.32 Å². The predicted octanol–water partition coefficient (Wildman–Crippen LogP) is 7.82. The van der Waals surface area contributed by atoms with Crippen LogP contribution >= 0.6 is 11.6 Å². The van der Waals surface area contributed by atoms with E-state index in [1.807, 2.05) is 79.0 Å². The van der Waals surface area contributed by atoms with Gasteiger partial charge in [-0.05, 0) is 54.6 Å². The molecule has 40 heavy (non-hydrogen) atoms. The summed E-state index contributed by atoms with van der Waals surface area (Å²) in [6, 6.07) is 33.3. The lowest BCUT2D eigenvalue weighted by Crippen LogP contribution is -2.11. The molecule has 0 bridgehead atoms. The Hall–Kier alpha value is -5.20. The van der Waals surface area contributed by atoms with Crippen molar-refractivity contribution in [2.75, 3.05) is 5.32 Å². The van der Waals surface area contributed by atoms with Gasteiger partial charge in [-0.15, -0.1) is 0 Å². The first-order valence-corrected chi connectivity index (χ1v) is 13.0. The van der Waals surface area contributed by atoms with Crippen LogP contribution in [-0.4, -0.2) is 21.5 Å². The smallest absolute Gasteiger partial charge is 0.248 e. The van der Waals surface area contributed by atoms with E-state index < -0.39 is 5.91 Å². The highest BCUT2D eigenvalue weighted by atomic mass is 35.5. The zero-order valence-corrected chi connectivity index (χ0v) is 21.9. The fourth-order valence-electron chi connectivity index (χ4n) is 4.43. The highest BCUT2D eigenvalue weighted by Crippen LogP contribution is 2.33. The molecule has 0 unspecified atom stereocenters. The molecule has 0 atom stereocenters. The molecule has 0 radical (unpaired) electrons. The zero-order valence-electron chi connectivity index (χ0n) is 21.1. The molecule has 6 nitrogen and oxygen atoms in total. The fraction of sp³-hybridized carbons (Fsp3) is 0. The van der Waals surface area contributed by atoms with Crippen molar-refractivity contribution in [1.82, 2.24) is 9.78 Å². The third kappa shape index (κ3) is 5.08. The number of anilines is 1. The topological polar surface area (TPSA) is 77.1 Å². The third-order valence-corrected chi connectivity index (χ3v) is 6.63. The van der Waals surface area contributed by atoms with Gasteiger partial charge in [-0.3, -0.25) is 9.59 Å². The summed E-state index contributed by atoms with van der Waals surface area (Å²) in [4.78, 5) is 26.5. The Morgan fingerprint density at radius 1 is 0.825 bits per heavy atom. The van der Waals surface area contributed by atoms with E-state index in [1.165, 1.54) is 6.08 Å². The lowest BCUT2D eigenvalue weighted by atomic mass is 10.1.